The fourth-order valence-electron chi connectivity index (χ4n) is 5.80. The zero-order valence-electron chi connectivity index (χ0n) is 25.0. The average molecular weight is 564 g/mol. The first-order valence-electron chi connectivity index (χ1n) is 15.0. The van der Waals surface area contributed by atoms with E-state index in [2.05, 4.69) is 80.2 Å². The summed E-state index contributed by atoms with van der Waals surface area (Å²) in [6.07, 6.45) is 9.04. The molecular weight excluding hydrogens is 518 g/mol. The average Bonchev–Trinajstić information content (AvgIpc) is 3.57. The molecule has 1 aromatic carbocycles. The number of hydrogen-bond donors (Lipinski definition) is 2. The number of rotatable bonds is 6. The highest BCUT2D eigenvalue weighted by atomic mass is 32.1. The predicted octanol–water partition coefficient (Wildman–Crippen LogP) is 7.22. The molecule has 0 bridgehead atoms. The summed E-state index contributed by atoms with van der Waals surface area (Å²) < 4.78 is 5.48. The molecule has 216 valence electrons. The lowest BCUT2D eigenvalue weighted by Crippen LogP contribution is -2.38. The van der Waals surface area contributed by atoms with E-state index in [1.54, 1.807) is 0 Å². The van der Waals surface area contributed by atoms with Crippen molar-refractivity contribution in [1.29, 1.82) is 0 Å². The van der Waals surface area contributed by atoms with Gasteiger partial charge in [0.1, 0.15) is 5.82 Å². The molecule has 2 N–H and O–H groups in total. The first-order valence-corrected chi connectivity index (χ1v) is 15.8. The zero-order valence-corrected chi connectivity index (χ0v) is 25.8. The van der Waals surface area contributed by atoms with Gasteiger partial charge in [-0.3, -0.25) is 4.79 Å². The van der Waals surface area contributed by atoms with Gasteiger partial charge in [-0.1, -0.05) is 85.8 Å². The first-order chi connectivity index (χ1) is 19.0. The van der Waals surface area contributed by atoms with Crippen LogP contribution >= 0.6 is 11.3 Å². The van der Waals surface area contributed by atoms with Gasteiger partial charge in [0.25, 0.3) is 5.91 Å². The van der Waals surface area contributed by atoms with Crippen molar-refractivity contribution >= 4 is 17.2 Å². The minimum atomic E-state index is -0.114. The van der Waals surface area contributed by atoms with E-state index >= 15 is 0 Å². The Morgan fingerprint density at radius 3 is 2.38 bits per heavy atom. The van der Waals surface area contributed by atoms with E-state index in [0.717, 1.165) is 52.6 Å². The van der Waals surface area contributed by atoms with Crippen molar-refractivity contribution in [2.75, 3.05) is 13.2 Å². The second-order valence-corrected chi connectivity index (χ2v) is 14.6. The van der Waals surface area contributed by atoms with Gasteiger partial charge in [0, 0.05) is 30.2 Å². The Bertz CT molecular complexity index is 1320. The molecule has 0 atom stereocenters. The van der Waals surface area contributed by atoms with Gasteiger partial charge in [-0.15, -0.1) is 21.5 Å². The lowest BCUT2D eigenvalue weighted by molar-refractivity contribution is 0.0696. The number of amides is 1. The number of benzene rings is 1. The van der Waals surface area contributed by atoms with Gasteiger partial charge in [-0.2, -0.15) is 0 Å². The highest BCUT2D eigenvalue weighted by molar-refractivity contribution is 7.17. The Hall–Kier alpha value is -2.58. The highest BCUT2D eigenvalue weighted by Gasteiger charge is 2.27. The van der Waals surface area contributed by atoms with E-state index in [1.807, 2.05) is 0 Å². The molecule has 2 aromatic heterocycles. The number of thiazole rings is 1. The molecule has 3 aromatic rings. The van der Waals surface area contributed by atoms with Crippen LogP contribution in [0, 0.1) is 5.92 Å². The van der Waals surface area contributed by atoms with Crippen molar-refractivity contribution in [1.82, 2.24) is 25.5 Å². The quantitative estimate of drug-likeness (QED) is 0.330. The molecular formula is C32H45N5O2S. The van der Waals surface area contributed by atoms with Crippen LogP contribution in [0.3, 0.4) is 0 Å². The third-order valence-electron chi connectivity index (χ3n) is 8.20. The maximum absolute atomic E-state index is 13.3. The van der Waals surface area contributed by atoms with Crippen LogP contribution < -0.4 is 5.32 Å². The number of carbonyl (C=O) groups excluding carboxylic acids is 1. The summed E-state index contributed by atoms with van der Waals surface area (Å²) in [5.74, 6) is 2.25. The van der Waals surface area contributed by atoms with Crippen LogP contribution in [-0.4, -0.2) is 45.3 Å². The van der Waals surface area contributed by atoms with E-state index in [9.17, 15) is 4.79 Å². The van der Waals surface area contributed by atoms with Crippen LogP contribution in [0.4, 0.5) is 0 Å². The molecule has 2 fully saturated rings. The molecule has 1 saturated heterocycles. The maximum atomic E-state index is 13.3. The lowest BCUT2D eigenvalue weighted by atomic mass is 9.82. The van der Waals surface area contributed by atoms with Crippen LogP contribution in [0.25, 0.3) is 21.8 Å². The van der Waals surface area contributed by atoms with Crippen molar-refractivity contribution < 1.29 is 9.53 Å². The summed E-state index contributed by atoms with van der Waals surface area (Å²) in [5.41, 5.74) is 4.24. The van der Waals surface area contributed by atoms with Gasteiger partial charge < -0.3 is 15.0 Å². The van der Waals surface area contributed by atoms with Gasteiger partial charge >= 0.3 is 0 Å². The fraction of sp³-hybridized carbons (Fsp3) is 0.625. The largest absolute Gasteiger partial charge is 0.381 e. The number of aromatic amines is 1. The number of ether oxygens (including phenoxy) is 1. The second-order valence-electron chi connectivity index (χ2n) is 13.6. The Balaban J connectivity index is 1.52. The molecule has 1 aliphatic heterocycles. The summed E-state index contributed by atoms with van der Waals surface area (Å²) in [6.45, 7) is 14.5. The summed E-state index contributed by atoms with van der Waals surface area (Å²) in [4.78, 5) is 22.9. The van der Waals surface area contributed by atoms with E-state index in [1.165, 1.54) is 49.0 Å². The number of nitrogens with zero attached hydrogens (tertiary/aromatic N) is 3. The Kier molecular flexibility index (Phi) is 8.48. The van der Waals surface area contributed by atoms with Crippen LogP contribution in [0.15, 0.2) is 18.2 Å². The summed E-state index contributed by atoms with van der Waals surface area (Å²) in [7, 11) is 0. The van der Waals surface area contributed by atoms with E-state index in [0.29, 0.717) is 24.1 Å². The number of carbonyl (C=O) groups is 1. The smallest absolute Gasteiger partial charge is 0.280 e. The van der Waals surface area contributed by atoms with Gasteiger partial charge in [0.05, 0.1) is 10.6 Å². The van der Waals surface area contributed by atoms with Crippen LogP contribution in [0.5, 0.6) is 0 Å². The molecule has 0 spiro atoms. The fourth-order valence-corrected chi connectivity index (χ4v) is 6.79. The minimum Gasteiger partial charge on any atom is -0.381 e. The monoisotopic (exact) mass is 563 g/mol. The number of aromatic nitrogens is 4. The molecule has 7 nitrogen and oxygen atoms in total. The lowest BCUT2D eigenvalue weighted by Gasteiger charge is -2.24. The van der Waals surface area contributed by atoms with Gasteiger partial charge in [0.15, 0.2) is 10.8 Å². The molecule has 3 heterocycles. The SMILES string of the molecule is CC(C)(C)c1nnc(-c2ccc(-c3sc(C(=O)NC4CCOCC4)nc3CC3CCCCC3)cc2C(C)(C)C)[nH]1. The minimum absolute atomic E-state index is 0.0583. The van der Waals surface area contributed by atoms with Crippen LogP contribution in [0.1, 0.15) is 113 Å². The second kappa shape index (κ2) is 11.7. The molecule has 1 saturated carbocycles. The van der Waals surface area contributed by atoms with Crippen LogP contribution in [0.2, 0.25) is 0 Å². The van der Waals surface area contributed by atoms with Crippen molar-refractivity contribution in [3.05, 3.63) is 40.3 Å². The zero-order chi connectivity index (χ0) is 28.5. The van der Waals surface area contributed by atoms with E-state index in [-0.39, 0.29) is 22.8 Å². The number of hydrogen-bond acceptors (Lipinski definition) is 6. The third-order valence-corrected chi connectivity index (χ3v) is 9.34. The van der Waals surface area contributed by atoms with Gasteiger partial charge in [0.2, 0.25) is 0 Å². The first kappa shape index (κ1) is 28.9. The molecule has 40 heavy (non-hydrogen) atoms. The summed E-state index contributed by atoms with van der Waals surface area (Å²) in [5, 5.41) is 12.8. The Morgan fingerprint density at radius 1 is 1.00 bits per heavy atom. The summed E-state index contributed by atoms with van der Waals surface area (Å²) in [6, 6.07) is 6.77. The normalized spacial score (nSPS) is 17.8. The van der Waals surface area contributed by atoms with Crippen LogP contribution in [-0.2, 0) is 22.0 Å². The van der Waals surface area contributed by atoms with Gasteiger partial charge in [-0.25, -0.2) is 4.98 Å². The highest BCUT2D eigenvalue weighted by Crippen LogP contribution is 2.40. The van der Waals surface area contributed by atoms with E-state index in [4.69, 9.17) is 9.72 Å². The Morgan fingerprint density at radius 2 is 1.73 bits per heavy atom. The standard InChI is InChI=1S/C32H45N5O2S/c1-31(2,3)24-19-21(12-13-23(24)27-35-30(37-36-27)32(4,5)6)26-25(18-20-10-8-7-9-11-20)34-29(40-26)28(38)33-22-14-16-39-17-15-22/h12-13,19-20,22H,7-11,14-18H2,1-6H3,(H,33,38)(H,35,36,37). The maximum Gasteiger partial charge on any atom is 0.280 e. The third kappa shape index (κ3) is 6.65. The van der Waals surface area contributed by atoms with Crippen molar-refractivity contribution in [3.8, 4) is 21.8 Å². The molecule has 8 heteroatoms. The molecule has 5 rings (SSSR count). The van der Waals surface area contributed by atoms with E-state index < -0.39 is 0 Å². The number of H-pyrrole nitrogens is 1. The van der Waals surface area contributed by atoms with Crippen molar-refractivity contribution in [3.63, 3.8) is 0 Å². The molecule has 1 aliphatic carbocycles. The summed E-state index contributed by atoms with van der Waals surface area (Å²) >= 11 is 1.54. The molecule has 2 aliphatic rings. The van der Waals surface area contributed by atoms with Gasteiger partial charge in [-0.05, 0) is 47.8 Å². The molecule has 0 radical (unpaired) electrons. The molecule has 0 unspecified atom stereocenters. The Labute approximate surface area is 242 Å². The predicted molar refractivity (Wildman–Crippen MR) is 162 cm³/mol. The molecule has 1 amide bonds. The van der Waals surface area contributed by atoms with Crippen molar-refractivity contribution in [2.45, 2.75) is 110 Å². The van der Waals surface area contributed by atoms with Crippen molar-refractivity contribution in [2.24, 2.45) is 5.92 Å². The number of nitrogens with one attached hydrogen (secondary N) is 2. The topological polar surface area (TPSA) is 92.8 Å².